The van der Waals surface area contributed by atoms with E-state index in [1.165, 1.54) is 11.8 Å². The van der Waals surface area contributed by atoms with Gasteiger partial charge in [0.05, 0.1) is 5.75 Å². The fraction of sp³-hybridized carbons (Fsp3) is 0.389. The highest BCUT2D eigenvalue weighted by atomic mass is 35.5. The summed E-state index contributed by atoms with van der Waals surface area (Å²) in [4.78, 5) is 28.8. The van der Waals surface area contributed by atoms with Gasteiger partial charge >= 0.3 is 5.69 Å². The fourth-order valence-corrected chi connectivity index (χ4v) is 4.52. The second-order valence-corrected chi connectivity index (χ2v) is 8.04. The number of carbonyl (C=O) groups excluding carboxylic acids is 1. The van der Waals surface area contributed by atoms with Crippen molar-refractivity contribution in [3.63, 3.8) is 0 Å². The van der Waals surface area contributed by atoms with Crippen molar-refractivity contribution in [3.05, 3.63) is 50.0 Å². The molecule has 1 aliphatic rings. The van der Waals surface area contributed by atoms with Crippen molar-refractivity contribution in [2.75, 3.05) is 17.7 Å². The molecule has 9 heteroatoms. The zero-order valence-corrected chi connectivity index (χ0v) is 16.8. The lowest BCUT2D eigenvalue weighted by atomic mass is 10.2. The van der Waals surface area contributed by atoms with Crippen molar-refractivity contribution in [1.82, 2.24) is 9.55 Å². The minimum atomic E-state index is -0.325. The lowest BCUT2D eigenvalue weighted by molar-refractivity contribution is -0.113. The Labute approximate surface area is 170 Å². The lowest BCUT2D eigenvalue weighted by Crippen LogP contribution is -2.28. The molecule has 144 valence electrons. The highest BCUT2D eigenvalue weighted by Crippen LogP contribution is 2.29. The van der Waals surface area contributed by atoms with Crippen LogP contribution in [0.1, 0.15) is 24.1 Å². The molecule has 1 heterocycles. The van der Waals surface area contributed by atoms with Gasteiger partial charge in [-0.25, -0.2) is 4.79 Å². The highest BCUT2D eigenvalue weighted by molar-refractivity contribution is 8.00. The third kappa shape index (κ3) is 5.04. The Hall–Kier alpha value is -1.54. The number of benzene rings is 1. The molecule has 0 spiro atoms. The predicted molar refractivity (Wildman–Crippen MR) is 108 cm³/mol. The minimum Gasteiger partial charge on any atom is -0.396 e. The number of nitrogens with one attached hydrogen (secondary N) is 1. The maximum absolute atomic E-state index is 12.3. The molecular formula is C18H19Cl2N3O3S. The van der Waals surface area contributed by atoms with E-state index in [1.807, 2.05) is 0 Å². The van der Waals surface area contributed by atoms with E-state index in [4.69, 9.17) is 28.3 Å². The number of anilines is 1. The second-order valence-electron chi connectivity index (χ2n) is 6.20. The van der Waals surface area contributed by atoms with Crippen LogP contribution in [0.2, 0.25) is 10.0 Å². The van der Waals surface area contributed by atoms with Crippen LogP contribution in [0.5, 0.6) is 0 Å². The predicted octanol–water partition coefficient (Wildman–Crippen LogP) is 3.15. The number of fused-ring (bicyclic) bond motifs is 1. The van der Waals surface area contributed by atoms with Crippen molar-refractivity contribution < 1.29 is 9.90 Å². The molecule has 1 aliphatic carbocycles. The van der Waals surface area contributed by atoms with Crippen molar-refractivity contribution in [1.29, 1.82) is 0 Å². The first-order valence-corrected chi connectivity index (χ1v) is 10.3. The van der Waals surface area contributed by atoms with Crippen LogP contribution in [0.3, 0.4) is 0 Å². The Morgan fingerprint density at radius 1 is 1.26 bits per heavy atom. The van der Waals surface area contributed by atoms with Gasteiger partial charge in [0.1, 0.15) is 5.03 Å². The number of aromatic nitrogens is 2. The number of aliphatic hydroxyl groups is 1. The summed E-state index contributed by atoms with van der Waals surface area (Å²) in [7, 11) is 0. The normalized spacial score (nSPS) is 12.9. The molecule has 2 aromatic rings. The molecule has 0 saturated heterocycles. The second kappa shape index (κ2) is 9.10. The van der Waals surface area contributed by atoms with Crippen LogP contribution in [0, 0.1) is 0 Å². The Kier molecular flexibility index (Phi) is 6.81. The monoisotopic (exact) mass is 427 g/mol. The molecule has 0 aliphatic heterocycles. The average Bonchev–Trinajstić information content (AvgIpc) is 3.08. The van der Waals surface area contributed by atoms with Crippen LogP contribution in [-0.4, -0.2) is 32.9 Å². The number of hydrogen-bond acceptors (Lipinski definition) is 5. The van der Waals surface area contributed by atoms with Crippen molar-refractivity contribution in [2.24, 2.45) is 0 Å². The van der Waals surface area contributed by atoms with Gasteiger partial charge in [-0.2, -0.15) is 4.98 Å². The van der Waals surface area contributed by atoms with Gasteiger partial charge in [-0.15, -0.1) is 0 Å². The molecular weight excluding hydrogens is 409 g/mol. The van der Waals surface area contributed by atoms with E-state index in [0.717, 1.165) is 30.5 Å². The summed E-state index contributed by atoms with van der Waals surface area (Å²) in [6.07, 6.45) is 3.14. The van der Waals surface area contributed by atoms with Crippen molar-refractivity contribution in [3.8, 4) is 0 Å². The van der Waals surface area contributed by atoms with Gasteiger partial charge in [-0.05, 0) is 43.9 Å². The van der Waals surface area contributed by atoms with E-state index in [-0.39, 0.29) is 24.0 Å². The molecule has 1 aromatic heterocycles. The summed E-state index contributed by atoms with van der Waals surface area (Å²) in [5, 5.41) is 13.3. The summed E-state index contributed by atoms with van der Waals surface area (Å²) >= 11 is 13.1. The number of nitrogens with zero attached hydrogens (tertiary/aromatic N) is 2. The summed E-state index contributed by atoms with van der Waals surface area (Å²) in [6.45, 7) is 0.497. The van der Waals surface area contributed by atoms with E-state index >= 15 is 0 Å². The largest absolute Gasteiger partial charge is 0.396 e. The fourth-order valence-electron chi connectivity index (χ4n) is 3.12. The van der Waals surface area contributed by atoms with Crippen LogP contribution in [-0.2, 0) is 24.2 Å². The molecule has 6 nitrogen and oxygen atoms in total. The zero-order valence-electron chi connectivity index (χ0n) is 14.5. The quantitative estimate of drug-likeness (QED) is 0.523. The number of halogens is 2. The molecule has 0 unspecified atom stereocenters. The highest BCUT2D eigenvalue weighted by Gasteiger charge is 2.22. The number of amides is 1. The molecule has 1 aromatic carbocycles. The lowest BCUT2D eigenvalue weighted by Gasteiger charge is -2.13. The maximum atomic E-state index is 12.3. The summed E-state index contributed by atoms with van der Waals surface area (Å²) in [6, 6.07) is 4.83. The van der Waals surface area contributed by atoms with Crippen molar-refractivity contribution in [2.45, 2.75) is 37.3 Å². The van der Waals surface area contributed by atoms with Crippen LogP contribution in [0.25, 0.3) is 0 Å². The van der Waals surface area contributed by atoms with E-state index < -0.39 is 0 Å². The Morgan fingerprint density at radius 3 is 2.70 bits per heavy atom. The van der Waals surface area contributed by atoms with Gasteiger partial charge in [0.25, 0.3) is 0 Å². The van der Waals surface area contributed by atoms with E-state index in [9.17, 15) is 9.59 Å². The molecule has 0 atom stereocenters. The first-order chi connectivity index (χ1) is 13.0. The van der Waals surface area contributed by atoms with Gasteiger partial charge in [0.15, 0.2) is 0 Å². The van der Waals surface area contributed by atoms with E-state index in [1.54, 1.807) is 22.8 Å². The van der Waals surface area contributed by atoms with E-state index in [0.29, 0.717) is 33.7 Å². The summed E-state index contributed by atoms with van der Waals surface area (Å²) in [5.74, 6) is -0.0970. The molecule has 2 N–H and O–H groups in total. The smallest absolute Gasteiger partial charge is 0.348 e. The van der Waals surface area contributed by atoms with Gasteiger partial charge < -0.3 is 10.4 Å². The van der Waals surface area contributed by atoms with Crippen LogP contribution >= 0.6 is 35.0 Å². The first kappa shape index (κ1) is 20.2. The molecule has 0 bridgehead atoms. The molecule has 0 radical (unpaired) electrons. The summed E-state index contributed by atoms with van der Waals surface area (Å²) in [5.41, 5.74) is 2.22. The molecule has 1 amide bonds. The molecule has 0 fully saturated rings. The topological polar surface area (TPSA) is 84.2 Å². The standard InChI is InChI=1S/C18H19Cl2N3O3S/c19-11-7-12(20)9-13(8-11)21-16(25)10-27-17-14-3-1-4-15(14)23(5-2-6-24)18(26)22-17/h7-9,24H,1-6,10H2,(H,21,25). The number of thioether (sulfide) groups is 1. The average molecular weight is 428 g/mol. The molecule has 3 rings (SSSR count). The minimum absolute atomic E-state index is 0.0331. The van der Waals surface area contributed by atoms with Crippen molar-refractivity contribution >= 4 is 46.6 Å². The number of hydrogen-bond donors (Lipinski definition) is 2. The number of carbonyl (C=O) groups is 1. The van der Waals surface area contributed by atoms with Gasteiger partial charge in [0.2, 0.25) is 5.91 Å². The number of rotatable bonds is 7. The van der Waals surface area contributed by atoms with Gasteiger partial charge in [0, 0.05) is 40.1 Å². The summed E-state index contributed by atoms with van der Waals surface area (Å²) < 4.78 is 1.65. The van der Waals surface area contributed by atoms with Gasteiger partial charge in [-0.3, -0.25) is 9.36 Å². The third-order valence-corrected chi connectivity index (χ3v) is 5.68. The van der Waals surface area contributed by atoms with E-state index in [2.05, 4.69) is 10.3 Å². The zero-order chi connectivity index (χ0) is 19.4. The third-order valence-electron chi connectivity index (χ3n) is 4.23. The molecule has 0 saturated carbocycles. The first-order valence-electron chi connectivity index (χ1n) is 8.60. The van der Waals surface area contributed by atoms with Crippen LogP contribution < -0.4 is 11.0 Å². The molecule has 27 heavy (non-hydrogen) atoms. The van der Waals surface area contributed by atoms with Crippen LogP contribution in [0.4, 0.5) is 5.69 Å². The van der Waals surface area contributed by atoms with Gasteiger partial charge in [-0.1, -0.05) is 35.0 Å². The maximum Gasteiger partial charge on any atom is 0.348 e. The Balaban J connectivity index is 1.71. The SMILES string of the molecule is O=C(CSc1nc(=O)n(CCCO)c2c1CCC2)Nc1cc(Cl)cc(Cl)c1. The number of aliphatic hydroxyl groups excluding tert-OH is 1. The Bertz CT molecular complexity index is 897. The van der Waals surface area contributed by atoms with Crippen LogP contribution in [0.15, 0.2) is 28.0 Å². The Morgan fingerprint density at radius 2 is 2.00 bits per heavy atom.